The van der Waals surface area contributed by atoms with E-state index in [1.54, 1.807) is 13.0 Å². The molecule has 2 aromatic heterocycles. The van der Waals surface area contributed by atoms with E-state index in [0.29, 0.717) is 29.5 Å². The van der Waals surface area contributed by atoms with Crippen LogP contribution in [-0.2, 0) is 4.74 Å². The van der Waals surface area contributed by atoms with Crippen molar-refractivity contribution in [1.82, 2.24) is 19.6 Å². The lowest BCUT2D eigenvalue weighted by atomic mass is 10.1. The van der Waals surface area contributed by atoms with Crippen LogP contribution in [0.15, 0.2) is 10.9 Å². The van der Waals surface area contributed by atoms with Crippen LogP contribution in [0, 0.1) is 12.8 Å². The van der Waals surface area contributed by atoms with Gasteiger partial charge in [0.15, 0.2) is 5.65 Å². The lowest BCUT2D eigenvalue weighted by Gasteiger charge is -2.20. The molecule has 1 saturated heterocycles. The fourth-order valence-electron chi connectivity index (χ4n) is 3.02. The Hall–Kier alpha value is -1.89. The second-order valence-corrected chi connectivity index (χ2v) is 5.62. The highest BCUT2D eigenvalue weighted by atomic mass is 16.5. The Labute approximate surface area is 115 Å². The van der Waals surface area contributed by atoms with E-state index in [1.807, 2.05) is 0 Å². The first-order chi connectivity index (χ1) is 9.72. The van der Waals surface area contributed by atoms with Crippen LogP contribution in [0.2, 0.25) is 0 Å². The van der Waals surface area contributed by atoms with Gasteiger partial charge in [0.2, 0.25) is 0 Å². The van der Waals surface area contributed by atoms with Gasteiger partial charge in [-0.15, -0.1) is 0 Å². The molecule has 1 saturated carbocycles. The molecule has 2 aromatic rings. The number of aryl methyl sites for hydroxylation is 1. The summed E-state index contributed by atoms with van der Waals surface area (Å²) < 4.78 is 7.28. The molecule has 2 aliphatic rings. The molecule has 1 aliphatic heterocycles. The minimum absolute atomic E-state index is 0.253. The summed E-state index contributed by atoms with van der Waals surface area (Å²) >= 11 is 0. The van der Waals surface area contributed by atoms with Crippen molar-refractivity contribution in [3.05, 3.63) is 22.4 Å². The molecule has 3 heterocycles. The third-order valence-corrected chi connectivity index (χ3v) is 4.13. The molecule has 0 aromatic carbocycles. The Morgan fingerprint density at radius 2 is 2.30 bits per heavy atom. The minimum Gasteiger partial charge on any atom is -0.376 e. The first-order valence-corrected chi connectivity index (χ1v) is 7.05. The van der Waals surface area contributed by atoms with Crippen molar-refractivity contribution in [2.75, 3.05) is 11.9 Å². The molecule has 7 nitrogen and oxygen atoms in total. The van der Waals surface area contributed by atoms with Gasteiger partial charge < -0.3 is 10.1 Å². The van der Waals surface area contributed by atoms with Crippen molar-refractivity contribution in [1.29, 1.82) is 0 Å². The van der Waals surface area contributed by atoms with Gasteiger partial charge in [-0.1, -0.05) is 0 Å². The molecule has 2 fully saturated rings. The van der Waals surface area contributed by atoms with Gasteiger partial charge in [-0.3, -0.25) is 0 Å². The Kier molecular flexibility index (Phi) is 2.56. The molecule has 7 heteroatoms. The Balaban J connectivity index is 1.63. The van der Waals surface area contributed by atoms with Crippen LogP contribution in [0.3, 0.4) is 0 Å². The first kappa shape index (κ1) is 11.9. The van der Waals surface area contributed by atoms with Crippen LogP contribution >= 0.6 is 0 Å². The van der Waals surface area contributed by atoms with Crippen molar-refractivity contribution in [3.63, 3.8) is 0 Å². The third-order valence-electron chi connectivity index (χ3n) is 4.13. The molecule has 2 unspecified atom stereocenters. The summed E-state index contributed by atoms with van der Waals surface area (Å²) in [6, 6.07) is 2.11. The molecular weight excluding hydrogens is 258 g/mol. The average Bonchev–Trinajstić information content (AvgIpc) is 3.05. The van der Waals surface area contributed by atoms with Crippen LogP contribution in [-0.4, -0.2) is 38.3 Å². The van der Waals surface area contributed by atoms with Gasteiger partial charge in [0.1, 0.15) is 11.6 Å². The maximum atomic E-state index is 11.6. The highest BCUT2D eigenvalue weighted by Gasteiger charge is 2.40. The summed E-state index contributed by atoms with van der Waals surface area (Å²) in [6.07, 6.45) is 3.84. The van der Waals surface area contributed by atoms with Gasteiger partial charge in [-0.2, -0.15) is 5.10 Å². The lowest BCUT2D eigenvalue weighted by Crippen LogP contribution is -2.31. The predicted octanol–water partition coefficient (Wildman–Crippen LogP) is 0.705. The first-order valence-electron chi connectivity index (χ1n) is 7.05. The smallest absolute Gasteiger partial charge is 0.349 e. The van der Waals surface area contributed by atoms with Crippen molar-refractivity contribution in [2.45, 2.75) is 38.3 Å². The van der Waals surface area contributed by atoms with Crippen LogP contribution < -0.4 is 11.0 Å². The van der Waals surface area contributed by atoms with E-state index in [-0.39, 0.29) is 5.69 Å². The van der Waals surface area contributed by atoms with E-state index in [2.05, 4.69) is 20.5 Å². The Morgan fingerprint density at radius 3 is 3.10 bits per heavy atom. The van der Waals surface area contributed by atoms with Gasteiger partial charge >= 0.3 is 5.69 Å². The number of aromatic amines is 1. The monoisotopic (exact) mass is 275 g/mol. The molecular formula is C13H17N5O2. The largest absolute Gasteiger partial charge is 0.376 e. The molecule has 20 heavy (non-hydrogen) atoms. The molecule has 0 amide bonds. The number of rotatable bonds is 3. The number of aromatic nitrogens is 4. The minimum atomic E-state index is -0.253. The quantitative estimate of drug-likeness (QED) is 0.861. The number of nitrogens with zero attached hydrogens (tertiary/aromatic N) is 3. The highest BCUT2D eigenvalue weighted by molar-refractivity contribution is 5.50. The second-order valence-electron chi connectivity index (χ2n) is 5.62. The highest BCUT2D eigenvalue weighted by Crippen LogP contribution is 2.39. The van der Waals surface area contributed by atoms with E-state index >= 15 is 0 Å². The van der Waals surface area contributed by atoms with Crippen LogP contribution in [0.4, 0.5) is 5.82 Å². The maximum absolute atomic E-state index is 11.6. The number of H-pyrrole nitrogens is 1. The summed E-state index contributed by atoms with van der Waals surface area (Å²) in [5, 5.41) is 9.88. The summed E-state index contributed by atoms with van der Waals surface area (Å²) in [5.74, 6) is 2.09. The fraction of sp³-hybridized carbons (Fsp3) is 0.615. The average molecular weight is 275 g/mol. The van der Waals surface area contributed by atoms with Crippen molar-refractivity contribution >= 4 is 11.5 Å². The number of anilines is 1. The SMILES string of the molecule is Cc1nc(NC2CCOC2C2CC2)cc2n[nH]c(=O)n12. The van der Waals surface area contributed by atoms with Crippen LogP contribution in [0.5, 0.6) is 0 Å². The molecule has 4 rings (SSSR count). The van der Waals surface area contributed by atoms with Crippen molar-refractivity contribution < 1.29 is 4.74 Å². The van der Waals surface area contributed by atoms with Gasteiger partial charge in [0.05, 0.1) is 12.1 Å². The summed E-state index contributed by atoms with van der Waals surface area (Å²) in [7, 11) is 0. The maximum Gasteiger partial charge on any atom is 0.349 e. The zero-order chi connectivity index (χ0) is 13.7. The predicted molar refractivity (Wildman–Crippen MR) is 72.8 cm³/mol. The molecule has 0 bridgehead atoms. The van der Waals surface area contributed by atoms with E-state index in [0.717, 1.165) is 18.8 Å². The van der Waals surface area contributed by atoms with Gasteiger partial charge in [0, 0.05) is 12.7 Å². The molecule has 2 N–H and O–H groups in total. The number of nitrogens with one attached hydrogen (secondary N) is 2. The van der Waals surface area contributed by atoms with Gasteiger partial charge in [-0.05, 0) is 32.1 Å². The van der Waals surface area contributed by atoms with Crippen molar-refractivity contribution in [2.24, 2.45) is 5.92 Å². The summed E-state index contributed by atoms with van der Waals surface area (Å²) in [5.41, 5.74) is 0.337. The Bertz CT molecular complexity index is 702. The molecule has 1 aliphatic carbocycles. The molecule has 0 radical (unpaired) electrons. The molecule has 2 atom stereocenters. The van der Waals surface area contributed by atoms with Crippen LogP contribution in [0.25, 0.3) is 5.65 Å². The zero-order valence-electron chi connectivity index (χ0n) is 11.3. The summed E-state index contributed by atoms with van der Waals surface area (Å²) in [6.45, 7) is 2.61. The summed E-state index contributed by atoms with van der Waals surface area (Å²) in [4.78, 5) is 16.0. The molecule has 0 spiro atoms. The topological polar surface area (TPSA) is 84.3 Å². The van der Waals surface area contributed by atoms with E-state index in [9.17, 15) is 4.79 Å². The number of hydrogen-bond acceptors (Lipinski definition) is 5. The van der Waals surface area contributed by atoms with E-state index < -0.39 is 0 Å². The van der Waals surface area contributed by atoms with Crippen molar-refractivity contribution in [3.8, 4) is 0 Å². The number of hydrogen-bond donors (Lipinski definition) is 2. The van der Waals surface area contributed by atoms with Crippen LogP contribution in [0.1, 0.15) is 25.1 Å². The van der Waals surface area contributed by atoms with Gasteiger partial charge in [-0.25, -0.2) is 19.3 Å². The lowest BCUT2D eigenvalue weighted by molar-refractivity contribution is 0.0898. The second kappa shape index (κ2) is 4.31. The normalized spacial score (nSPS) is 26.2. The Morgan fingerprint density at radius 1 is 1.45 bits per heavy atom. The van der Waals surface area contributed by atoms with Gasteiger partial charge in [0.25, 0.3) is 0 Å². The standard InChI is InChI=1S/C13H17N5O2/c1-7-14-10(6-11-16-17-13(19)18(7)11)15-9-4-5-20-12(9)8-2-3-8/h6,8-9,12,15H,2-5H2,1H3,(H,17,19). The fourth-order valence-corrected chi connectivity index (χ4v) is 3.02. The van der Waals surface area contributed by atoms with E-state index in [4.69, 9.17) is 4.74 Å². The molecule has 106 valence electrons. The number of fused-ring (bicyclic) bond motifs is 1. The third kappa shape index (κ3) is 1.89. The zero-order valence-corrected chi connectivity index (χ0v) is 11.3. The van der Waals surface area contributed by atoms with E-state index in [1.165, 1.54) is 17.2 Å². The number of ether oxygens (including phenoxy) is 1.